The standard InChI is InChI=1S/C13H17N3O3/c1-16-7-9(3-5-12(16)17)15-8-2-4-10(13(18)19)11(14)6-8/h2,4,6,9,15H,3,5,7,14H2,1H3,(H,18,19). The molecular formula is C13H17N3O3. The van der Waals surface area contributed by atoms with Crippen LogP contribution in [0.4, 0.5) is 11.4 Å². The molecule has 0 radical (unpaired) electrons. The molecule has 1 amide bonds. The van der Waals surface area contributed by atoms with Gasteiger partial charge in [0.15, 0.2) is 0 Å². The highest BCUT2D eigenvalue weighted by Gasteiger charge is 2.22. The smallest absolute Gasteiger partial charge is 0.337 e. The van der Waals surface area contributed by atoms with Crippen molar-refractivity contribution in [1.82, 2.24) is 4.90 Å². The molecule has 0 spiro atoms. The Morgan fingerprint density at radius 3 is 2.84 bits per heavy atom. The van der Waals surface area contributed by atoms with Crippen molar-refractivity contribution < 1.29 is 14.7 Å². The van der Waals surface area contributed by atoms with Crippen molar-refractivity contribution in [3.8, 4) is 0 Å². The predicted molar refractivity (Wildman–Crippen MR) is 72.1 cm³/mol. The molecule has 1 aromatic rings. The van der Waals surface area contributed by atoms with Crippen LogP contribution < -0.4 is 11.1 Å². The number of rotatable bonds is 3. The van der Waals surface area contributed by atoms with E-state index in [1.807, 2.05) is 0 Å². The van der Waals surface area contributed by atoms with Crippen LogP contribution in [-0.2, 0) is 4.79 Å². The van der Waals surface area contributed by atoms with Gasteiger partial charge in [-0.2, -0.15) is 0 Å². The van der Waals surface area contributed by atoms with Gasteiger partial charge in [0.1, 0.15) is 0 Å². The molecule has 1 heterocycles. The summed E-state index contributed by atoms with van der Waals surface area (Å²) in [7, 11) is 1.78. The van der Waals surface area contributed by atoms with Crippen molar-refractivity contribution in [3.63, 3.8) is 0 Å². The Labute approximate surface area is 111 Å². The number of likely N-dealkylation sites (tertiary alicyclic amines) is 1. The van der Waals surface area contributed by atoms with Crippen LogP contribution in [0.5, 0.6) is 0 Å². The zero-order chi connectivity index (χ0) is 14.0. The molecule has 1 fully saturated rings. The number of nitrogen functional groups attached to an aromatic ring is 1. The van der Waals surface area contributed by atoms with Gasteiger partial charge in [0, 0.05) is 37.4 Å². The lowest BCUT2D eigenvalue weighted by Crippen LogP contribution is -2.43. The number of hydrogen-bond acceptors (Lipinski definition) is 4. The summed E-state index contributed by atoms with van der Waals surface area (Å²) >= 11 is 0. The minimum Gasteiger partial charge on any atom is -0.478 e. The van der Waals surface area contributed by atoms with E-state index in [1.165, 1.54) is 6.07 Å². The maximum Gasteiger partial charge on any atom is 0.337 e. The molecule has 4 N–H and O–H groups in total. The van der Waals surface area contributed by atoms with Gasteiger partial charge in [-0.05, 0) is 24.6 Å². The van der Waals surface area contributed by atoms with E-state index in [-0.39, 0.29) is 23.2 Å². The maximum atomic E-state index is 11.4. The van der Waals surface area contributed by atoms with E-state index >= 15 is 0 Å². The largest absolute Gasteiger partial charge is 0.478 e. The lowest BCUT2D eigenvalue weighted by atomic mass is 10.0. The lowest BCUT2D eigenvalue weighted by Gasteiger charge is -2.30. The Balaban J connectivity index is 2.06. The molecule has 1 saturated heterocycles. The molecular weight excluding hydrogens is 246 g/mol. The fraction of sp³-hybridized carbons (Fsp3) is 0.385. The molecule has 2 rings (SSSR count). The van der Waals surface area contributed by atoms with Crippen molar-refractivity contribution in [1.29, 1.82) is 0 Å². The Kier molecular flexibility index (Phi) is 3.59. The second-order valence-corrected chi connectivity index (χ2v) is 4.76. The summed E-state index contributed by atoms with van der Waals surface area (Å²) in [5.41, 5.74) is 6.80. The third-order valence-corrected chi connectivity index (χ3v) is 3.28. The first-order valence-electron chi connectivity index (χ1n) is 6.10. The number of carbonyl (C=O) groups is 2. The number of carboxylic acids is 1. The number of hydrogen-bond donors (Lipinski definition) is 3. The Morgan fingerprint density at radius 1 is 1.53 bits per heavy atom. The van der Waals surface area contributed by atoms with Gasteiger partial charge in [-0.25, -0.2) is 4.79 Å². The van der Waals surface area contributed by atoms with Crippen molar-refractivity contribution in [2.45, 2.75) is 18.9 Å². The van der Waals surface area contributed by atoms with Crippen LogP contribution in [-0.4, -0.2) is 41.5 Å². The Morgan fingerprint density at radius 2 is 2.26 bits per heavy atom. The number of piperidine rings is 1. The molecule has 6 heteroatoms. The average molecular weight is 263 g/mol. The first-order chi connectivity index (χ1) is 8.97. The third-order valence-electron chi connectivity index (χ3n) is 3.28. The van der Waals surface area contributed by atoms with Crippen LogP contribution >= 0.6 is 0 Å². The average Bonchev–Trinajstić information content (AvgIpc) is 2.33. The molecule has 6 nitrogen and oxygen atoms in total. The molecule has 0 saturated carbocycles. The second-order valence-electron chi connectivity index (χ2n) is 4.76. The molecule has 0 aromatic heterocycles. The second kappa shape index (κ2) is 5.17. The van der Waals surface area contributed by atoms with Gasteiger partial charge in [0.25, 0.3) is 0 Å². The molecule has 0 aliphatic carbocycles. The molecule has 1 aliphatic heterocycles. The first kappa shape index (κ1) is 13.2. The van der Waals surface area contributed by atoms with Crippen LogP contribution in [0.25, 0.3) is 0 Å². The van der Waals surface area contributed by atoms with E-state index in [1.54, 1.807) is 24.1 Å². The van der Waals surface area contributed by atoms with Crippen molar-refractivity contribution in [2.24, 2.45) is 0 Å². The van der Waals surface area contributed by atoms with Gasteiger partial charge in [0.2, 0.25) is 5.91 Å². The number of nitrogens with zero attached hydrogens (tertiary/aromatic N) is 1. The Hall–Kier alpha value is -2.24. The van der Waals surface area contributed by atoms with E-state index in [0.29, 0.717) is 13.0 Å². The number of nitrogens with two attached hydrogens (primary N) is 1. The van der Waals surface area contributed by atoms with Gasteiger partial charge in [-0.1, -0.05) is 0 Å². The topological polar surface area (TPSA) is 95.7 Å². The van der Waals surface area contributed by atoms with Gasteiger partial charge in [-0.15, -0.1) is 0 Å². The zero-order valence-electron chi connectivity index (χ0n) is 10.7. The van der Waals surface area contributed by atoms with Crippen molar-refractivity contribution >= 4 is 23.3 Å². The molecule has 19 heavy (non-hydrogen) atoms. The minimum atomic E-state index is -1.04. The summed E-state index contributed by atoms with van der Waals surface area (Å²) in [6, 6.07) is 4.95. The predicted octanol–water partition coefficient (Wildman–Crippen LogP) is 1.000. The van der Waals surface area contributed by atoms with E-state index in [0.717, 1.165) is 12.1 Å². The molecule has 102 valence electrons. The summed E-state index contributed by atoms with van der Waals surface area (Å²) in [6.45, 7) is 0.638. The third kappa shape index (κ3) is 2.96. The monoisotopic (exact) mass is 263 g/mol. The number of benzene rings is 1. The first-order valence-corrected chi connectivity index (χ1v) is 6.10. The SMILES string of the molecule is CN1CC(Nc2ccc(C(=O)O)c(N)c2)CCC1=O. The van der Waals surface area contributed by atoms with Crippen LogP contribution in [0.15, 0.2) is 18.2 Å². The number of nitrogens with one attached hydrogen (secondary N) is 1. The highest BCUT2D eigenvalue weighted by molar-refractivity contribution is 5.94. The minimum absolute atomic E-state index is 0.0986. The normalized spacial score (nSPS) is 19.3. The molecule has 1 unspecified atom stereocenters. The van der Waals surface area contributed by atoms with E-state index < -0.39 is 5.97 Å². The summed E-state index contributed by atoms with van der Waals surface area (Å²) in [5.74, 6) is -0.883. The highest BCUT2D eigenvalue weighted by atomic mass is 16.4. The van der Waals surface area contributed by atoms with Crippen LogP contribution in [0.3, 0.4) is 0 Å². The molecule has 0 bridgehead atoms. The Bertz CT molecular complexity index is 516. The van der Waals surface area contributed by atoms with Crippen LogP contribution in [0.2, 0.25) is 0 Å². The fourth-order valence-electron chi connectivity index (χ4n) is 2.21. The fourth-order valence-corrected chi connectivity index (χ4v) is 2.21. The van der Waals surface area contributed by atoms with Gasteiger partial charge in [-0.3, -0.25) is 4.79 Å². The molecule has 1 aliphatic rings. The molecule has 1 atom stereocenters. The number of anilines is 2. The lowest BCUT2D eigenvalue weighted by molar-refractivity contribution is -0.132. The van der Waals surface area contributed by atoms with Gasteiger partial charge in [0.05, 0.1) is 5.56 Å². The number of amides is 1. The number of aromatic carboxylic acids is 1. The van der Waals surface area contributed by atoms with E-state index in [4.69, 9.17) is 10.8 Å². The quantitative estimate of drug-likeness (QED) is 0.707. The summed E-state index contributed by atoms with van der Waals surface area (Å²) in [5, 5.41) is 12.2. The van der Waals surface area contributed by atoms with Crippen LogP contribution in [0, 0.1) is 0 Å². The van der Waals surface area contributed by atoms with E-state index in [2.05, 4.69) is 5.32 Å². The highest BCUT2D eigenvalue weighted by Crippen LogP contribution is 2.21. The summed E-state index contributed by atoms with van der Waals surface area (Å²) in [4.78, 5) is 23.9. The molecule has 1 aromatic carbocycles. The number of carbonyl (C=O) groups excluding carboxylic acids is 1. The number of likely N-dealkylation sites (N-methyl/N-ethyl adjacent to an activating group) is 1. The zero-order valence-corrected chi connectivity index (χ0v) is 10.7. The maximum absolute atomic E-state index is 11.4. The summed E-state index contributed by atoms with van der Waals surface area (Å²) < 4.78 is 0. The van der Waals surface area contributed by atoms with Crippen molar-refractivity contribution in [3.05, 3.63) is 23.8 Å². The van der Waals surface area contributed by atoms with Gasteiger partial charge < -0.3 is 21.1 Å². The summed E-state index contributed by atoms with van der Waals surface area (Å²) in [6.07, 6.45) is 1.29. The van der Waals surface area contributed by atoms with Gasteiger partial charge >= 0.3 is 5.97 Å². The van der Waals surface area contributed by atoms with E-state index in [9.17, 15) is 9.59 Å². The van der Waals surface area contributed by atoms with Crippen molar-refractivity contribution in [2.75, 3.05) is 24.6 Å². The number of carboxylic acid groups (broad SMARTS) is 1. The van der Waals surface area contributed by atoms with Crippen LogP contribution in [0.1, 0.15) is 23.2 Å².